The topological polar surface area (TPSA) is 91.8 Å². The number of ether oxygens (including phenoxy) is 1. The highest BCUT2D eigenvalue weighted by atomic mass is 16.6. The molecule has 1 aliphatic heterocycles. The lowest BCUT2D eigenvalue weighted by Crippen LogP contribution is -2.50. The molecule has 1 aromatic rings. The van der Waals surface area contributed by atoms with Gasteiger partial charge < -0.3 is 19.9 Å². The molecule has 2 heterocycles. The number of nitrogens with zero attached hydrogens (tertiary/aromatic N) is 3. The molecule has 1 aromatic heterocycles. The second-order valence-electron chi connectivity index (χ2n) is 6.19. The minimum absolute atomic E-state index is 0.0609. The first-order valence-corrected chi connectivity index (χ1v) is 8.94. The Morgan fingerprint density at radius 1 is 1.19 bits per heavy atom. The SMILES string of the molecule is CCOC(=O)N1CCN(C(=O)c2cc(C(=O)NC(C)CC)ccn2)CC1. The van der Waals surface area contributed by atoms with Gasteiger partial charge in [0.2, 0.25) is 0 Å². The van der Waals surface area contributed by atoms with Crippen LogP contribution in [-0.4, -0.2) is 71.5 Å². The molecule has 1 saturated heterocycles. The summed E-state index contributed by atoms with van der Waals surface area (Å²) in [7, 11) is 0. The summed E-state index contributed by atoms with van der Waals surface area (Å²) in [6.45, 7) is 7.64. The second-order valence-corrected chi connectivity index (χ2v) is 6.19. The fraction of sp³-hybridized carbons (Fsp3) is 0.556. The molecule has 1 aliphatic rings. The monoisotopic (exact) mass is 362 g/mol. The Hall–Kier alpha value is -2.64. The van der Waals surface area contributed by atoms with Crippen molar-refractivity contribution in [3.8, 4) is 0 Å². The zero-order chi connectivity index (χ0) is 19.1. The van der Waals surface area contributed by atoms with Gasteiger partial charge in [-0.3, -0.25) is 14.6 Å². The van der Waals surface area contributed by atoms with Crippen LogP contribution in [0.4, 0.5) is 4.79 Å². The third-order valence-corrected chi connectivity index (χ3v) is 4.32. The molecular weight excluding hydrogens is 336 g/mol. The highest BCUT2D eigenvalue weighted by Gasteiger charge is 2.26. The Balaban J connectivity index is 1.99. The molecule has 26 heavy (non-hydrogen) atoms. The zero-order valence-corrected chi connectivity index (χ0v) is 15.5. The van der Waals surface area contributed by atoms with E-state index in [-0.39, 0.29) is 29.6 Å². The van der Waals surface area contributed by atoms with Gasteiger partial charge in [-0.1, -0.05) is 6.92 Å². The first-order valence-electron chi connectivity index (χ1n) is 8.94. The maximum absolute atomic E-state index is 12.7. The van der Waals surface area contributed by atoms with Crippen LogP contribution in [0, 0.1) is 0 Å². The summed E-state index contributed by atoms with van der Waals surface area (Å²) in [4.78, 5) is 43.9. The van der Waals surface area contributed by atoms with Crippen molar-refractivity contribution >= 4 is 17.9 Å². The molecule has 0 bridgehead atoms. The largest absolute Gasteiger partial charge is 0.450 e. The van der Waals surface area contributed by atoms with Gasteiger partial charge >= 0.3 is 6.09 Å². The maximum Gasteiger partial charge on any atom is 0.409 e. The van der Waals surface area contributed by atoms with Crippen LogP contribution in [0.5, 0.6) is 0 Å². The third kappa shape index (κ3) is 4.93. The second kappa shape index (κ2) is 9.17. The Kier molecular flexibility index (Phi) is 6.94. The molecule has 0 saturated carbocycles. The number of hydrogen-bond acceptors (Lipinski definition) is 5. The number of piperazine rings is 1. The molecule has 3 amide bonds. The van der Waals surface area contributed by atoms with E-state index in [1.807, 2.05) is 13.8 Å². The van der Waals surface area contributed by atoms with Crippen LogP contribution >= 0.6 is 0 Å². The van der Waals surface area contributed by atoms with Crippen molar-refractivity contribution < 1.29 is 19.1 Å². The molecule has 1 N–H and O–H groups in total. The number of rotatable bonds is 5. The van der Waals surface area contributed by atoms with Gasteiger partial charge in [-0.2, -0.15) is 0 Å². The van der Waals surface area contributed by atoms with E-state index in [0.717, 1.165) is 6.42 Å². The van der Waals surface area contributed by atoms with Gasteiger partial charge in [-0.15, -0.1) is 0 Å². The van der Waals surface area contributed by atoms with E-state index in [9.17, 15) is 14.4 Å². The molecule has 8 nitrogen and oxygen atoms in total. The molecule has 142 valence electrons. The minimum Gasteiger partial charge on any atom is -0.450 e. The fourth-order valence-corrected chi connectivity index (χ4v) is 2.57. The summed E-state index contributed by atoms with van der Waals surface area (Å²) in [5, 5.41) is 2.87. The lowest BCUT2D eigenvalue weighted by atomic mass is 10.1. The van der Waals surface area contributed by atoms with Gasteiger partial charge in [0.25, 0.3) is 11.8 Å². The molecule has 0 radical (unpaired) electrons. The van der Waals surface area contributed by atoms with Crippen LogP contribution in [0.25, 0.3) is 0 Å². The van der Waals surface area contributed by atoms with Crippen molar-refractivity contribution in [1.29, 1.82) is 0 Å². The highest BCUT2D eigenvalue weighted by Crippen LogP contribution is 2.10. The van der Waals surface area contributed by atoms with Crippen LogP contribution < -0.4 is 5.32 Å². The van der Waals surface area contributed by atoms with Gasteiger partial charge in [0.05, 0.1) is 6.61 Å². The first-order chi connectivity index (χ1) is 12.5. The lowest BCUT2D eigenvalue weighted by Gasteiger charge is -2.33. The fourth-order valence-electron chi connectivity index (χ4n) is 2.57. The van der Waals surface area contributed by atoms with Crippen LogP contribution in [-0.2, 0) is 4.74 Å². The molecule has 8 heteroatoms. The van der Waals surface area contributed by atoms with Gasteiger partial charge in [0, 0.05) is 44.0 Å². The smallest absolute Gasteiger partial charge is 0.409 e. The van der Waals surface area contributed by atoms with E-state index < -0.39 is 0 Å². The minimum atomic E-state index is -0.360. The standard InChI is InChI=1S/C18H26N4O4/c1-4-13(3)20-16(23)14-6-7-19-15(12-14)17(24)21-8-10-22(11-9-21)18(25)26-5-2/h6-7,12-13H,4-5,8-11H2,1-3H3,(H,20,23). The van der Waals surface area contributed by atoms with Crippen LogP contribution in [0.1, 0.15) is 48.0 Å². The van der Waals surface area contributed by atoms with Gasteiger partial charge in [-0.25, -0.2) is 4.79 Å². The quantitative estimate of drug-likeness (QED) is 0.857. The Morgan fingerprint density at radius 2 is 1.85 bits per heavy atom. The Bertz CT molecular complexity index is 656. The number of pyridine rings is 1. The van der Waals surface area contributed by atoms with Crippen molar-refractivity contribution in [3.05, 3.63) is 29.6 Å². The number of aromatic nitrogens is 1. The van der Waals surface area contributed by atoms with Crippen molar-refractivity contribution in [2.24, 2.45) is 0 Å². The maximum atomic E-state index is 12.7. The molecule has 0 aliphatic carbocycles. The molecule has 1 fully saturated rings. The first kappa shape index (κ1) is 19.7. The van der Waals surface area contributed by atoms with E-state index >= 15 is 0 Å². The van der Waals surface area contributed by atoms with E-state index in [1.54, 1.807) is 22.8 Å². The van der Waals surface area contributed by atoms with Crippen LogP contribution in [0.3, 0.4) is 0 Å². The summed E-state index contributed by atoms with van der Waals surface area (Å²) in [6, 6.07) is 3.16. The molecular formula is C18H26N4O4. The van der Waals surface area contributed by atoms with Gasteiger partial charge in [-0.05, 0) is 32.4 Å². The Morgan fingerprint density at radius 3 is 2.46 bits per heavy atom. The van der Waals surface area contributed by atoms with Gasteiger partial charge in [0.15, 0.2) is 0 Å². The summed E-state index contributed by atoms with van der Waals surface area (Å²) < 4.78 is 4.97. The summed E-state index contributed by atoms with van der Waals surface area (Å²) in [5.74, 6) is -0.463. The number of hydrogen-bond donors (Lipinski definition) is 1. The van der Waals surface area contributed by atoms with Crippen molar-refractivity contribution in [2.45, 2.75) is 33.2 Å². The summed E-state index contributed by atoms with van der Waals surface area (Å²) >= 11 is 0. The summed E-state index contributed by atoms with van der Waals surface area (Å²) in [5.41, 5.74) is 0.639. The van der Waals surface area contributed by atoms with Crippen LogP contribution in [0.15, 0.2) is 18.3 Å². The summed E-state index contributed by atoms with van der Waals surface area (Å²) in [6.07, 6.45) is 1.93. The van der Waals surface area contributed by atoms with E-state index in [1.165, 1.54) is 12.3 Å². The highest BCUT2D eigenvalue weighted by molar-refractivity contribution is 5.98. The molecule has 2 rings (SSSR count). The predicted molar refractivity (Wildman–Crippen MR) is 96.0 cm³/mol. The number of nitrogens with one attached hydrogen (secondary N) is 1. The number of carbonyl (C=O) groups excluding carboxylic acids is 3. The van der Waals surface area contributed by atoms with Gasteiger partial charge in [0.1, 0.15) is 5.69 Å². The van der Waals surface area contributed by atoms with E-state index in [4.69, 9.17) is 4.74 Å². The van der Waals surface area contributed by atoms with E-state index in [2.05, 4.69) is 10.3 Å². The number of amides is 3. The molecule has 0 aromatic carbocycles. The normalized spacial score (nSPS) is 15.3. The van der Waals surface area contributed by atoms with Crippen molar-refractivity contribution in [2.75, 3.05) is 32.8 Å². The predicted octanol–water partition coefficient (Wildman–Crippen LogP) is 1.52. The molecule has 1 unspecified atom stereocenters. The third-order valence-electron chi connectivity index (χ3n) is 4.32. The number of carbonyl (C=O) groups is 3. The molecule has 0 spiro atoms. The van der Waals surface area contributed by atoms with Crippen molar-refractivity contribution in [1.82, 2.24) is 20.1 Å². The zero-order valence-electron chi connectivity index (χ0n) is 15.5. The average molecular weight is 362 g/mol. The Labute approximate surface area is 153 Å². The van der Waals surface area contributed by atoms with Crippen molar-refractivity contribution in [3.63, 3.8) is 0 Å². The average Bonchev–Trinajstić information content (AvgIpc) is 2.67. The lowest BCUT2D eigenvalue weighted by molar-refractivity contribution is 0.0566. The molecule has 1 atom stereocenters. The van der Waals surface area contributed by atoms with E-state index in [0.29, 0.717) is 38.3 Å². The van der Waals surface area contributed by atoms with Crippen LogP contribution in [0.2, 0.25) is 0 Å².